The lowest BCUT2D eigenvalue weighted by Crippen LogP contribution is -2.29. The summed E-state index contributed by atoms with van der Waals surface area (Å²) in [5.74, 6) is 0.193. The summed E-state index contributed by atoms with van der Waals surface area (Å²) < 4.78 is 3.42. The Morgan fingerprint density at radius 2 is 1.87 bits per heavy atom. The molecule has 2 aromatic heterocycles. The minimum absolute atomic E-state index is 0.193. The largest absolute Gasteiger partial charge is 0.337 e. The monoisotopic (exact) mass is 324 g/mol. The average molecular weight is 324 g/mol. The zero-order chi connectivity index (χ0) is 15.6. The lowest BCUT2D eigenvalue weighted by atomic mass is 10.1. The Morgan fingerprint density at radius 3 is 2.65 bits per heavy atom. The number of nitrogens with zero attached hydrogens (tertiary/aromatic N) is 2. The van der Waals surface area contributed by atoms with Crippen LogP contribution in [0.15, 0.2) is 47.8 Å². The molecule has 0 bridgehead atoms. The highest BCUT2D eigenvalue weighted by Gasteiger charge is 2.24. The van der Waals surface area contributed by atoms with E-state index in [1.54, 1.807) is 11.3 Å². The molecule has 3 heterocycles. The van der Waals surface area contributed by atoms with Crippen molar-refractivity contribution in [2.24, 2.45) is 0 Å². The van der Waals surface area contributed by atoms with Gasteiger partial charge in [-0.05, 0) is 42.3 Å². The number of benzene rings is 1. The SMILES string of the molecule is O=C(c1cc2sccc2n1CCc1ccccc1)N1CCCC1. The minimum atomic E-state index is 0.193. The third kappa shape index (κ3) is 2.79. The van der Waals surface area contributed by atoms with Crippen LogP contribution in [0.2, 0.25) is 0 Å². The number of fused-ring (bicyclic) bond motifs is 1. The number of aryl methyl sites for hydroxylation is 2. The van der Waals surface area contributed by atoms with Crippen LogP contribution in [-0.2, 0) is 13.0 Å². The quantitative estimate of drug-likeness (QED) is 0.707. The van der Waals surface area contributed by atoms with Crippen molar-refractivity contribution in [2.75, 3.05) is 13.1 Å². The first-order chi connectivity index (χ1) is 11.3. The molecule has 23 heavy (non-hydrogen) atoms. The highest BCUT2D eigenvalue weighted by Crippen LogP contribution is 2.27. The molecule has 1 aromatic carbocycles. The normalized spacial score (nSPS) is 14.7. The Morgan fingerprint density at radius 1 is 1.09 bits per heavy atom. The highest BCUT2D eigenvalue weighted by molar-refractivity contribution is 7.17. The van der Waals surface area contributed by atoms with Crippen LogP contribution < -0.4 is 0 Å². The van der Waals surface area contributed by atoms with Gasteiger partial charge >= 0.3 is 0 Å². The fourth-order valence-electron chi connectivity index (χ4n) is 3.36. The molecule has 1 fully saturated rings. The summed E-state index contributed by atoms with van der Waals surface area (Å²) >= 11 is 1.71. The number of carbonyl (C=O) groups is 1. The number of rotatable bonds is 4. The molecular formula is C19H20N2OS. The Hall–Kier alpha value is -2.07. The molecule has 0 radical (unpaired) electrons. The molecular weight excluding hydrogens is 304 g/mol. The summed E-state index contributed by atoms with van der Waals surface area (Å²) in [6.45, 7) is 2.64. The van der Waals surface area contributed by atoms with Crippen LogP contribution in [0.3, 0.4) is 0 Å². The maximum Gasteiger partial charge on any atom is 0.270 e. The summed E-state index contributed by atoms with van der Waals surface area (Å²) in [4.78, 5) is 14.9. The number of hydrogen-bond acceptors (Lipinski definition) is 2. The van der Waals surface area contributed by atoms with Gasteiger partial charge < -0.3 is 9.47 Å². The second-order valence-electron chi connectivity index (χ2n) is 6.09. The summed E-state index contributed by atoms with van der Waals surface area (Å²) in [5, 5.41) is 2.10. The fraction of sp³-hybridized carbons (Fsp3) is 0.316. The van der Waals surface area contributed by atoms with Crippen molar-refractivity contribution in [3.8, 4) is 0 Å². The first kappa shape index (κ1) is 14.5. The number of likely N-dealkylation sites (tertiary alicyclic amines) is 1. The van der Waals surface area contributed by atoms with Crippen molar-refractivity contribution in [1.29, 1.82) is 0 Å². The third-order valence-corrected chi connectivity index (χ3v) is 5.46. The molecule has 118 valence electrons. The van der Waals surface area contributed by atoms with Crippen molar-refractivity contribution < 1.29 is 4.79 Å². The first-order valence-corrected chi connectivity index (χ1v) is 9.11. The molecule has 1 aliphatic rings. The fourth-order valence-corrected chi connectivity index (χ4v) is 4.19. The number of hydrogen-bond donors (Lipinski definition) is 0. The molecule has 0 saturated carbocycles. The predicted octanol–water partition coefficient (Wildman–Crippen LogP) is 4.18. The lowest BCUT2D eigenvalue weighted by molar-refractivity contribution is 0.0782. The Labute approximate surface area is 140 Å². The van der Waals surface area contributed by atoms with E-state index in [0.29, 0.717) is 0 Å². The number of amides is 1. The molecule has 0 atom stereocenters. The van der Waals surface area contributed by atoms with Crippen molar-refractivity contribution in [1.82, 2.24) is 9.47 Å². The molecule has 3 nitrogen and oxygen atoms in total. The zero-order valence-corrected chi connectivity index (χ0v) is 13.9. The molecule has 4 heteroatoms. The van der Waals surface area contributed by atoms with Gasteiger partial charge in [0.15, 0.2) is 0 Å². The van der Waals surface area contributed by atoms with Crippen molar-refractivity contribution >= 4 is 27.5 Å². The molecule has 0 unspecified atom stereocenters. The molecule has 1 amide bonds. The maximum absolute atomic E-state index is 12.9. The average Bonchev–Trinajstić information content (AvgIpc) is 3.30. The van der Waals surface area contributed by atoms with Gasteiger partial charge in [-0.15, -0.1) is 11.3 Å². The summed E-state index contributed by atoms with van der Waals surface area (Å²) in [6, 6.07) is 14.7. The standard InChI is InChI=1S/C19H20N2OS/c22-19(20-10-4-5-11-20)17-14-18-16(9-13-23-18)21(17)12-8-15-6-2-1-3-7-15/h1-3,6-7,9,13-14H,4-5,8,10-12H2. The first-order valence-electron chi connectivity index (χ1n) is 8.23. The Bertz CT molecular complexity index is 812. The van der Waals surface area contributed by atoms with Crippen LogP contribution in [0.1, 0.15) is 28.9 Å². The topological polar surface area (TPSA) is 25.2 Å². The molecule has 1 saturated heterocycles. The van der Waals surface area contributed by atoms with Gasteiger partial charge in [0.2, 0.25) is 0 Å². The molecule has 0 aliphatic carbocycles. The number of carbonyl (C=O) groups excluding carboxylic acids is 1. The molecule has 0 N–H and O–H groups in total. The van der Waals surface area contributed by atoms with E-state index in [1.807, 2.05) is 11.0 Å². The predicted molar refractivity (Wildman–Crippen MR) is 95.1 cm³/mol. The zero-order valence-electron chi connectivity index (χ0n) is 13.1. The van der Waals surface area contributed by atoms with E-state index in [0.717, 1.165) is 44.6 Å². The molecule has 4 rings (SSSR count). The minimum Gasteiger partial charge on any atom is -0.337 e. The highest BCUT2D eigenvalue weighted by atomic mass is 32.1. The smallest absolute Gasteiger partial charge is 0.270 e. The van der Waals surface area contributed by atoms with E-state index in [1.165, 1.54) is 15.8 Å². The van der Waals surface area contributed by atoms with Crippen molar-refractivity contribution in [3.05, 3.63) is 59.1 Å². The summed E-state index contributed by atoms with van der Waals surface area (Å²) in [5.41, 5.74) is 3.35. The van der Waals surface area contributed by atoms with Crippen LogP contribution in [-0.4, -0.2) is 28.5 Å². The third-order valence-electron chi connectivity index (χ3n) is 4.60. The van der Waals surface area contributed by atoms with E-state index in [9.17, 15) is 4.79 Å². The van der Waals surface area contributed by atoms with E-state index in [-0.39, 0.29) is 5.91 Å². The van der Waals surface area contributed by atoms with Gasteiger partial charge in [0, 0.05) is 19.6 Å². The maximum atomic E-state index is 12.9. The van der Waals surface area contributed by atoms with Gasteiger partial charge in [0.1, 0.15) is 5.69 Å². The molecule has 0 spiro atoms. The van der Waals surface area contributed by atoms with Crippen LogP contribution in [0, 0.1) is 0 Å². The van der Waals surface area contributed by atoms with Gasteiger partial charge in [0.25, 0.3) is 5.91 Å². The van der Waals surface area contributed by atoms with E-state index in [2.05, 4.69) is 46.3 Å². The van der Waals surface area contributed by atoms with E-state index in [4.69, 9.17) is 0 Å². The second-order valence-corrected chi connectivity index (χ2v) is 7.03. The van der Waals surface area contributed by atoms with Gasteiger partial charge in [-0.1, -0.05) is 30.3 Å². The second kappa shape index (κ2) is 6.20. The van der Waals surface area contributed by atoms with E-state index >= 15 is 0 Å². The number of thiophene rings is 1. The molecule has 1 aliphatic heterocycles. The van der Waals surface area contributed by atoms with Crippen LogP contribution in [0.25, 0.3) is 10.2 Å². The lowest BCUT2D eigenvalue weighted by Gasteiger charge is -2.17. The van der Waals surface area contributed by atoms with Crippen molar-refractivity contribution in [2.45, 2.75) is 25.8 Å². The Balaban J connectivity index is 1.64. The summed E-state index contributed by atoms with van der Waals surface area (Å²) in [6.07, 6.45) is 3.20. The Kier molecular flexibility index (Phi) is 3.92. The number of aromatic nitrogens is 1. The van der Waals surface area contributed by atoms with Gasteiger partial charge in [-0.2, -0.15) is 0 Å². The van der Waals surface area contributed by atoms with Crippen LogP contribution in [0.4, 0.5) is 0 Å². The van der Waals surface area contributed by atoms with Gasteiger partial charge in [0.05, 0.1) is 10.2 Å². The van der Waals surface area contributed by atoms with Crippen LogP contribution in [0.5, 0.6) is 0 Å². The van der Waals surface area contributed by atoms with Gasteiger partial charge in [-0.3, -0.25) is 4.79 Å². The van der Waals surface area contributed by atoms with Gasteiger partial charge in [-0.25, -0.2) is 0 Å². The summed E-state index contributed by atoms with van der Waals surface area (Å²) in [7, 11) is 0. The van der Waals surface area contributed by atoms with Crippen LogP contribution >= 0.6 is 11.3 Å². The van der Waals surface area contributed by atoms with E-state index < -0.39 is 0 Å². The van der Waals surface area contributed by atoms with Crippen molar-refractivity contribution in [3.63, 3.8) is 0 Å². The molecule has 3 aromatic rings.